The number of phenolic OH excluding ortho intramolecular Hbond substituents is 2. The van der Waals surface area contributed by atoms with Crippen LogP contribution in [-0.4, -0.2) is 10.2 Å². The van der Waals surface area contributed by atoms with E-state index in [1.165, 1.54) is 0 Å². The molecular weight excluding hydrogens is 160 g/mol. The molecule has 0 unspecified atom stereocenters. The van der Waals surface area contributed by atoms with Crippen molar-refractivity contribution >= 4 is 21.5 Å². The Kier molecular flexibility index (Phi) is 0.597. The molecule has 58 valence electrons. The summed E-state index contributed by atoms with van der Waals surface area (Å²) in [7, 11) is 0. The van der Waals surface area contributed by atoms with Gasteiger partial charge in [0.2, 0.25) is 0 Å². The minimum absolute atomic E-state index is 0.108. The van der Waals surface area contributed by atoms with E-state index in [4.69, 9.17) is 10.2 Å². The van der Waals surface area contributed by atoms with Crippen LogP contribution in [0.25, 0.3) is 21.5 Å². The molecule has 0 heterocycles. The Balaban J connectivity index is 2.77. The van der Waals surface area contributed by atoms with Crippen molar-refractivity contribution in [3.05, 3.63) is 20.4 Å². The molecule has 0 amide bonds. The van der Waals surface area contributed by atoms with Gasteiger partial charge in [0.1, 0.15) is 0 Å². The highest BCUT2D eigenvalue weighted by atomic mass is 16.3. The highest BCUT2D eigenvalue weighted by Gasteiger charge is 2.33. The summed E-state index contributed by atoms with van der Waals surface area (Å²) in [6, 6.07) is 0. The number of hydrogen-bond acceptors (Lipinski definition) is 4. The van der Waals surface area contributed by atoms with E-state index in [1.807, 2.05) is 0 Å². The summed E-state index contributed by atoms with van der Waals surface area (Å²) in [5, 5.41) is 19.1. The third-order valence-corrected chi connectivity index (χ3v) is 2.23. The molecule has 0 aliphatic carbocycles. The standard InChI is InChI=1S/C8H2O4/c9-5-1-2-4(6(2)10)8(12)7(11)3(1)5/h11-12H. The van der Waals surface area contributed by atoms with E-state index in [1.54, 1.807) is 0 Å². The van der Waals surface area contributed by atoms with Crippen LogP contribution in [0.1, 0.15) is 0 Å². The molecule has 3 aromatic carbocycles. The Hall–Kier alpha value is -1.84. The Labute approximate surface area is 64.6 Å². The van der Waals surface area contributed by atoms with Crippen molar-refractivity contribution < 1.29 is 10.2 Å². The third-order valence-electron chi connectivity index (χ3n) is 2.23. The smallest absolute Gasteiger partial charge is 0.199 e. The number of hydrogen-bond donors (Lipinski definition) is 2. The third kappa shape index (κ3) is 0.358. The molecular formula is C8H2O4. The maximum absolute atomic E-state index is 10.9. The quantitative estimate of drug-likeness (QED) is 0.452. The number of rotatable bonds is 0. The van der Waals surface area contributed by atoms with Crippen LogP contribution in [0.3, 0.4) is 0 Å². The average Bonchev–Trinajstić information content (AvgIpc) is 2.85. The van der Waals surface area contributed by atoms with Gasteiger partial charge in [0, 0.05) is 10.8 Å². The van der Waals surface area contributed by atoms with E-state index in [9.17, 15) is 9.59 Å². The largest absolute Gasteiger partial charge is 0.504 e. The topological polar surface area (TPSA) is 74.6 Å². The molecule has 0 aromatic heterocycles. The molecule has 4 heteroatoms. The predicted octanol–water partition coefficient (Wildman–Crippen LogP) is -0.124. The first-order chi connectivity index (χ1) is 5.64. The van der Waals surface area contributed by atoms with Gasteiger partial charge < -0.3 is 10.2 Å². The van der Waals surface area contributed by atoms with Gasteiger partial charge in [-0.05, 0) is 0 Å². The number of benzene rings is 1. The molecule has 0 aliphatic rings. The van der Waals surface area contributed by atoms with Crippen molar-refractivity contribution in [3.63, 3.8) is 0 Å². The van der Waals surface area contributed by atoms with Crippen molar-refractivity contribution in [2.75, 3.05) is 0 Å². The van der Waals surface area contributed by atoms with Crippen LogP contribution in [0.15, 0.2) is 9.59 Å². The molecule has 0 fully saturated rings. The van der Waals surface area contributed by atoms with Crippen LogP contribution in [0.4, 0.5) is 0 Å². The Morgan fingerprint density at radius 2 is 1.00 bits per heavy atom. The Morgan fingerprint density at radius 1 is 0.667 bits per heavy atom. The van der Waals surface area contributed by atoms with Crippen molar-refractivity contribution in [2.24, 2.45) is 0 Å². The summed E-state index contributed by atoms with van der Waals surface area (Å²) >= 11 is 0. The van der Waals surface area contributed by atoms with Crippen molar-refractivity contribution in [2.45, 2.75) is 0 Å². The van der Waals surface area contributed by atoms with Crippen LogP contribution in [0.5, 0.6) is 11.5 Å². The Morgan fingerprint density at radius 3 is 1.33 bits per heavy atom. The van der Waals surface area contributed by atoms with Crippen LogP contribution in [-0.2, 0) is 0 Å². The minimum Gasteiger partial charge on any atom is -0.504 e. The average molecular weight is 162 g/mol. The lowest BCUT2D eigenvalue weighted by atomic mass is 10.3. The monoisotopic (exact) mass is 162 g/mol. The normalized spacial score (nSPS) is 12.7. The van der Waals surface area contributed by atoms with Gasteiger partial charge in [-0.15, -0.1) is 0 Å². The zero-order chi connectivity index (χ0) is 8.62. The molecule has 0 radical (unpaired) electrons. The van der Waals surface area contributed by atoms with Gasteiger partial charge in [-0.25, -0.2) is 0 Å². The zero-order valence-electron chi connectivity index (χ0n) is 5.71. The lowest BCUT2D eigenvalue weighted by Crippen LogP contribution is -1.74. The van der Waals surface area contributed by atoms with Gasteiger partial charge in [0.25, 0.3) is 0 Å². The SMILES string of the molecule is O=c1c2c(O)c(O)c3c(=O)c3c12. The summed E-state index contributed by atoms with van der Waals surface area (Å²) < 4.78 is 0. The zero-order valence-corrected chi connectivity index (χ0v) is 5.71. The molecule has 3 rings (SSSR count). The van der Waals surface area contributed by atoms with Crippen LogP contribution < -0.4 is 10.9 Å². The van der Waals surface area contributed by atoms with Gasteiger partial charge in [-0.2, -0.15) is 0 Å². The van der Waals surface area contributed by atoms with Crippen molar-refractivity contribution in [3.8, 4) is 11.5 Å². The molecule has 4 nitrogen and oxygen atoms in total. The van der Waals surface area contributed by atoms with E-state index < -0.39 is 11.5 Å². The van der Waals surface area contributed by atoms with Crippen LogP contribution >= 0.6 is 0 Å². The van der Waals surface area contributed by atoms with Gasteiger partial charge in [-0.3, -0.25) is 9.59 Å². The first-order valence-electron chi connectivity index (χ1n) is 3.36. The fourth-order valence-electron chi connectivity index (χ4n) is 1.51. The van der Waals surface area contributed by atoms with E-state index >= 15 is 0 Å². The first kappa shape index (κ1) is 5.77. The molecule has 0 saturated carbocycles. The van der Waals surface area contributed by atoms with E-state index in [0.717, 1.165) is 0 Å². The molecule has 0 bridgehead atoms. The van der Waals surface area contributed by atoms with E-state index in [0.29, 0.717) is 10.8 Å². The van der Waals surface area contributed by atoms with Crippen molar-refractivity contribution in [1.29, 1.82) is 0 Å². The number of aromatic hydroxyl groups is 2. The number of fused-ring (bicyclic) bond motifs is 3. The van der Waals surface area contributed by atoms with Crippen LogP contribution in [0.2, 0.25) is 0 Å². The minimum atomic E-state index is -0.445. The highest BCUT2D eigenvalue weighted by molar-refractivity contribution is 6.27. The predicted molar refractivity (Wildman–Crippen MR) is 42.1 cm³/mol. The molecule has 0 atom stereocenters. The summed E-state index contributed by atoms with van der Waals surface area (Å²) in [4.78, 5) is 21.8. The molecule has 3 aromatic rings. The van der Waals surface area contributed by atoms with Gasteiger partial charge in [-0.1, -0.05) is 0 Å². The van der Waals surface area contributed by atoms with Crippen LogP contribution in [0, 0.1) is 0 Å². The van der Waals surface area contributed by atoms with E-state index in [2.05, 4.69) is 0 Å². The first-order valence-corrected chi connectivity index (χ1v) is 3.36. The van der Waals surface area contributed by atoms with Crippen molar-refractivity contribution in [1.82, 2.24) is 0 Å². The van der Waals surface area contributed by atoms with E-state index in [-0.39, 0.29) is 21.6 Å². The highest BCUT2D eigenvalue weighted by Crippen LogP contribution is 2.44. The fraction of sp³-hybridized carbons (Fsp3) is 0. The second-order valence-corrected chi connectivity index (χ2v) is 2.86. The maximum atomic E-state index is 10.9. The molecule has 0 aliphatic heterocycles. The summed E-state index contributed by atoms with van der Waals surface area (Å²) in [6.07, 6.45) is 0. The molecule has 12 heavy (non-hydrogen) atoms. The molecule has 0 spiro atoms. The van der Waals surface area contributed by atoms with Gasteiger partial charge in [0.05, 0.1) is 10.8 Å². The number of phenols is 2. The van der Waals surface area contributed by atoms with Gasteiger partial charge in [0.15, 0.2) is 22.4 Å². The fourth-order valence-corrected chi connectivity index (χ4v) is 1.51. The Bertz CT molecular complexity index is 598. The lowest BCUT2D eigenvalue weighted by Gasteiger charge is -1.88. The summed E-state index contributed by atoms with van der Waals surface area (Å²) in [5.41, 5.74) is -0.648. The second kappa shape index (κ2) is 1.24. The molecule has 2 N–H and O–H groups in total. The summed E-state index contributed by atoms with van der Waals surface area (Å²) in [6.45, 7) is 0. The van der Waals surface area contributed by atoms with Gasteiger partial charge >= 0.3 is 0 Å². The second-order valence-electron chi connectivity index (χ2n) is 2.86. The summed E-state index contributed by atoms with van der Waals surface area (Å²) in [5.74, 6) is -0.890. The lowest BCUT2D eigenvalue weighted by molar-refractivity contribution is 0.413. The molecule has 0 saturated heterocycles. The maximum Gasteiger partial charge on any atom is 0.199 e.